The van der Waals surface area contributed by atoms with Gasteiger partial charge in [-0.1, -0.05) is 18.6 Å². The molecule has 0 aliphatic carbocycles. The van der Waals surface area contributed by atoms with Crippen LogP contribution in [0.4, 0.5) is 9.59 Å². The van der Waals surface area contributed by atoms with Gasteiger partial charge < -0.3 is 30.9 Å². The Bertz CT molecular complexity index is 896. The van der Waals surface area contributed by atoms with Crippen LogP contribution in [-0.4, -0.2) is 89.1 Å². The molecular weight excluding hydrogens is 458 g/mol. The number of rotatable bonds is 11. The Hall–Kier alpha value is -2.95. The van der Waals surface area contributed by atoms with Crippen LogP contribution in [0.5, 0.6) is 0 Å². The summed E-state index contributed by atoms with van der Waals surface area (Å²) in [5, 5.41) is 17.3. The molecular formula is C23H33N5O5S. The Morgan fingerprint density at radius 2 is 1.79 bits per heavy atom. The number of carbonyl (C=O) groups is 4. The van der Waals surface area contributed by atoms with Crippen LogP contribution in [0.1, 0.15) is 41.6 Å². The highest BCUT2D eigenvalue weighted by Crippen LogP contribution is 2.33. The molecule has 0 radical (unpaired) electrons. The number of nitrogens with zero attached hydrogens (tertiary/aromatic N) is 2. The molecule has 10 nitrogen and oxygen atoms in total. The molecule has 2 heterocycles. The van der Waals surface area contributed by atoms with Gasteiger partial charge in [-0.25, -0.2) is 9.59 Å². The Morgan fingerprint density at radius 1 is 1.09 bits per heavy atom. The predicted molar refractivity (Wildman–Crippen MR) is 130 cm³/mol. The molecule has 34 heavy (non-hydrogen) atoms. The van der Waals surface area contributed by atoms with Crippen molar-refractivity contribution in [3.63, 3.8) is 0 Å². The monoisotopic (exact) mass is 491 g/mol. The van der Waals surface area contributed by atoms with Gasteiger partial charge in [0.2, 0.25) is 5.91 Å². The lowest BCUT2D eigenvalue weighted by Crippen LogP contribution is -2.37. The van der Waals surface area contributed by atoms with E-state index in [2.05, 4.69) is 16.0 Å². The number of hydrogen-bond acceptors (Lipinski definition) is 5. The van der Waals surface area contributed by atoms with Crippen molar-refractivity contribution in [3.8, 4) is 0 Å². The summed E-state index contributed by atoms with van der Waals surface area (Å²) in [7, 11) is 3.45. The zero-order chi connectivity index (χ0) is 24.7. The number of nitrogens with one attached hydrogen (secondary N) is 3. The summed E-state index contributed by atoms with van der Waals surface area (Å²) in [6.07, 6.45) is 2.09. The van der Waals surface area contributed by atoms with Crippen LogP contribution in [0.25, 0.3) is 0 Å². The Balaban J connectivity index is 1.32. The van der Waals surface area contributed by atoms with Crippen LogP contribution in [0, 0.1) is 0 Å². The smallest absolute Gasteiger partial charge is 0.404 e. The molecule has 2 aliphatic rings. The summed E-state index contributed by atoms with van der Waals surface area (Å²) in [6.45, 7) is 1.04. The first-order valence-corrected chi connectivity index (χ1v) is 12.5. The van der Waals surface area contributed by atoms with E-state index < -0.39 is 6.09 Å². The second-order valence-electron chi connectivity index (χ2n) is 8.77. The molecule has 5 amide bonds. The predicted octanol–water partition coefficient (Wildman–Crippen LogP) is 1.71. The zero-order valence-corrected chi connectivity index (χ0v) is 20.4. The summed E-state index contributed by atoms with van der Waals surface area (Å²) >= 11 is 1.88. The summed E-state index contributed by atoms with van der Waals surface area (Å²) in [6, 6.07) is 7.12. The van der Waals surface area contributed by atoms with Gasteiger partial charge in [0.25, 0.3) is 5.91 Å². The van der Waals surface area contributed by atoms with E-state index >= 15 is 0 Å². The molecule has 2 aliphatic heterocycles. The van der Waals surface area contributed by atoms with Gasteiger partial charge in [0.15, 0.2) is 0 Å². The molecule has 0 bridgehead atoms. The van der Waals surface area contributed by atoms with Gasteiger partial charge in [-0.05, 0) is 30.5 Å². The summed E-state index contributed by atoms with van der Waals surface area (Å²) in [5.74, 6) is 0.844. The van der Waals surface area contributed by atoms with Gasteiger partial charge in [0.05, 0.1) is 12.1 Å². The highest BCUT2D eigenvalue weighted by molar-refractivity contribution is 8.00. The maximum absolute atomic E-state index is 12.6. The number of benzene rings is 1. The normalized spacial score (nSPS) is 20.8. The zero-order valence-electron chi connectivity index (χ0n) is 19.6. The molecule has 11 heteroatoms. The van der Waals surface area contributed by atoms with E-state index in [4.69, 9.17) is 5.11 Å². The van der Waals surface area contributed by atoms with Crippen LogP contribution in [0.3, 0.4) is 0 Å². The van der Waals surface area contributed by atoms with Crippen molar-refractivity contribution in [2.45, 2.75) is 49.6 Å². The topological polar surface area (TPSA) is 131 Å². The molecule has 2 fully saturated rings. The number of unbranched alkanes of at least 4 members (excludes halogenated alkanes) is 1. The molecule has 0 saturated carbocycles. The van der Waals surface area contributed by atoms with Crippen molar-refractivity contribution in [2.75, 3.05) is 32.9 Å². The Labute approximate surface area is 203 Å². The van der Waals surface area contributed by atoms with Crippen molar-refractivity contribution < 1.29 is 24.3 Å². The number of amides is 5. The van der Waals surface area contributed by atoms with Gasteiger partial charge >= 0.3 is 12.1 Å². The highest BCUT2D eigenvalue weighted by atomic mass is 32.2. The maximum Gasteiger partial charge on any atom is 0.404 e. The minimum atomic E-state index is -1.10. The highest BCUT2D eigenvalue weighted by Gasteiger charge is 2.42. The molecule has 2 saturated heterocycles. The molecule has 1 aromatic carbocycles. The fraction of sp³-hybridized carbons (Fsp3) is 0.565. The van der Waals surface area contributed by atoms with E-state index in [1.807, 2.05) is 11.8 Å². The first-order chi connectivity index (χ1) is 16.2. The minimum Gasteiger partial charge on any atom is -0.465 e. The number of carboxylic acid groups (broad SMARTS) is 1. The molecule has 3 rings (SSSR count). The standard InChI is InChI=1S/C23H33N5O5S/c1-27(19(29)6-4-3-5-18-20-17(14-34-18)25-22(31)26-20)11-12-28(2)21(30)16-9-7-15(8-10-16)13-24-23(32)33/h7-10,17-18,20,24H,3-6,11-14H2,1-2H3,(H,32,33)(H2,25,26,31)/t17-,18-,20-/m1/s1. The van der Waals surface area contributed by atoms with Gasteiger partial charge in [0, 0.05) is 56.7 Å². The number of urea groups is 1. The van der Waals surface area contributed by atoms with Crippen LogP contribution < -0.4 is 16.0 Å². The maximum atomic E-state index is 12.6. The molecule has 186 valence electrons. The summed E-state index contributed by atoms with van der Waals surface area (Å²) < 4.78 is 0. The number of fused-ring (bicyclic) bond motifs is 1. The lowest BCUT2D eigenvalue weighted by Gasteiger charge is -2.23. The largest absolute Gasteiger partial charge is 0.465 e. The van der Waals surface area contributed by atoms with E-state index in [9.17, 15) is 19.2 Å². The third kappa shape index (κ3) is 7.02. The van der Waals surface area contributed by atoms with Crippen LogP contribution in [-0.2, 0) is 11.3 Å². The number of likely N-dealkylation sites (N-methyl/N-ethyl adjacent to an activating group) is 2. The summed E-state index contributed by atoms with van der Waals surface area (Å²) in [4.78, 5) is 50.4. The fourth-order valence-electron chi connectivity index (χ4n) is 4.15. The van der Waals surface area contributed by atoms with Gasteiger partial charge in [-0.2, -0.15) is 11.8 Å². The lowest BCUT2D eigenvalue weighted by atomic mass is 10.0. The SMILES string of the molecule is CN(CCN(C)C(=O)c1ccc(CNC(=O)O)cc1)C(=O)CCCC[C@H]1SC[C@H]2NC(=O)N[C@H]21. The first-order valence-electron chi connectivity index (χ1n) is 11.5. The van der Waals surface area contributed by atoms with Crippen molar-refractivity contribution in [1.29, 1.82) is 0 Å². The molecule has 0 unspecified atom stereocenters. The molecule has 3 atom stereocenters. The van der Waals surface area contributed by atoms with Crippen LogP contribution >= 0.6 is 11.8 Å². The van der Waals surface area contributed by atoms with E-state index in [-0.39, 0.29) is 36.5 Å². The van der Waals surface area contributed by atoms with E-state index in [1.54, 1.807) is 48.2 Å². The van der Waals surface area contributed by atoms with Crippen molar-refractivity contribution in [3.05, 3.63) is 35.4 Å². The Kier molecular flexibility index (Phi) is 9.03. The van der Waals surface area contributed by atoms with Gasteiger partial charge in [-0.15, -0.1) is 0 Å². The van der Waals surface area contributed by atoms with E-state index in [1.165, 1.54) is 0 Å². The second kappa shape index (κ2) is 12.0. The third-order valence-corrected chi connectivity index (χ3v) is 7.76. The number of carbonyl (C=O) groups excluding carboxylic acids is 3. The quantitative estimate of drug-likeness (QED) is 0.275. The van der Waals surface area contributed by atoms with Crippen LogP contribution in [0.2, 0.25) is 0 Å². The lowest BCUT2D eigenvalue weighted by molar-refractivity contribution is -0.130. The van der Waals surface area contributed by atoms with E-state index in [0.717, 1.165) is 30.6 Å². The van der Waals surface area contributed by atoms with Crippen molar-refractivity contribution in [1.82, 2.24) is 25.8 Å². The number of hydrogen-bond donors (Lipinski definition) is 4. The van der Waals surface area contributed by atoms with E-state index in [0.29, 0.717) is 30.3 Å². The number of thioether (sulfide) groups is 1. The molecule has 0 aromatic heterocycles. The summed E-state index contributed by atoms with van der Waals surface area (Å²) in [5.41, 5.74) is 1.28. The second-order valence-corrected chi connectivity index (χ2v) is 10.0. The molecule has 4 N–H and O–H groups in total. The van der Waals surface area contributed by atoms with Gasteiger partial charge in [-0.3, -0.25) is 9.59 Å². The first kappa shape index (κ1) is 25.7. The van der Waals surface area contributed by atoms with Gasteiger partial charge in [0.1, 0.15) is 0 Å². The Morgan fingerprint density at radius 3 is 2.50 bits per heavy atom. The third-order valence-electron chi connectivity index (χ3n) is 6.26. The average molecular weight is 492 g/mol. The fourth-order valence-corrected chi connectivity index (χ4v) is 5.69. The van der Waals surface area contributed by atoms with Crippen molar-refractivity contribution in [2.24, 2.45) is 0 Å². The van der Waals surface area contributed by atoms with Crippen molar-refractivity contribution >= 4 is 35.7 Å². The minimum absolute atomic E-state index is 0.0592. The molecule has 1 aromatic rings. The van der Waals surface area contributed by atoms with Crippen LogP contribution in [0.15, 0.2) is 24.3 Å². The molecule has 0 spiro atoms. The average Bonchev–Trinajstić information content (AvgIpc) is 3.37.